The molecule has 13 heavy (non-hydrogen) atoms. The summed E-state index contributed by atoms with van der Waals surface area (Å²) in [4.78, 5) is 0. The third-order valence-electron chi connectivity index (χ3n) is 3.54. The molecule has 0 amide bonds. The van der Waals surface area contributed by atoms with Crippen molar-refractivity contribution in [3.8, 4) is 0 Å². The lowest BCUT2D eigenvalue weighted by molar-refractivity contribution is 0.00920. The second-order valence-corrected chi connectivity index (χ2v) is 4.63. The molecule has 2 aliphatic rings. The Morgan fingerprint density at radius 1 is 1.54 bits per heavy atom. The Labute approximate surface area is 80.2 Å². The van der Waals surface area contributed by atoms with E-state index < -0.39 is 5.60 Å². The second kappa shape index (κ2) is 2.98. The van der Waals surface area contributed by atoms with Crippen LogP contribution in [0.2, 0.25) is 0 Å². The van der Waals surface area contributed by atoms with Crippen molar-refractivity contribution < 1.29 is 5.11 Å². The van der Waals surface area contributed by atoms with Crippen LogP contribution in [-0.4, -0.2) is 10.7 Å². The van der Waals surface area contributed by atoms with E-state index in [0.29, 0.717) is 5.92 Å². The van der Waals surface area contributed by atoms with E-state index in [1.54, 1.807) is 0 Å². The van der Waals surface area contributed by atoms with Gasteiger partial charge < -0.3 is 5.11 Å². The molecule has 0 spiro atoms. The van der Waals surface area contributed by atoms with Crippen LogP contribution in [0.5, 0.6) is 0 Å². The molecule has 2 atom stereocenters. The quantitative estimate of drug-likeness (QED) is 0.604. The van der Waals surface area contributed by atoms with Gasteiger partial charge >= 0.3 is 0 Å². The summed E-state index contributed by atoms with van der Waals surface area (Å²) >= 11 is 0. The predicted octanol–water partition coefficient (Wildman–Crippen LogP) is 2.81. The number of allylic oxidation sites excluding steroid dienone is 3. The highest BCUT2D eigenvalue weighted by molar-refractivity contribution is 5.34. The maximum atomic E-state index is 10.3. The molecule has 0 heterocycles. The Morgan fingerprint density at radius 3 is 3.08 bits per heavy atom. The molecule has 0 bridgehead atoms. The zero-order chi connectivity index (χ0) is 9.47. The van der Waals surface area contributed by atoms with Gasteiger partial charge in [0.15, 0.2) is 0 Å². The largest absolute Gasteiger partial charge is 0.390 e. The van der Waals surface area contributed by atoms with E-state index in [2.05, 4.69) is 19.1 Å². The number of aliphatic hydroxyl groups is 1. The van der Waals surface area contributed by atoms with Crippen LogP contribution in [0.1, 0.15) is 39.5 Å². The van der Waals surface area contributed by atoms with Gasteiger partial charge in [0.05, 0.1) is 5.60 Å². The fourth-order valence-corrected chi connectivity index (χ4v) is 2.62. The molecule has 72 valence electrons. The lowest BCUT2D eigenvalue weighted by Gasteiger charge is -2.29. The lowest BCUT2D eigenvalue weighted by Crippen LogP contribution is -2.33. The van der Waals surface area contributed by atoms with E-state index in [4.69, 9.17) is 0 Å². The summed E-state index contributed by atoms with van der Waals surface area (Å²) < 4.78 is 0. The normalized spacial score (nSPS) is 39.2. The van der Waals surface area contributed by atoms with Crippen molar-refractivity contribution in [2.45, 2.75) is 45.1 Å². The van der Waals surface area contributed by atoms with Crippen molar-refractivity contribution in [1.29, 1.82) is 0 Å². The first-order valence-corrected chi connectivity index (χ1v) is 5.20. The first-order chi connectivity index (χ1) is 6.11. The molecule has 2 aliphatic carbocycles. The van der Waals surface area contributed by atoms with Gasteiger partial charge in [-0.15, -0.1) is 0 Å². The summed E-state index contributed by atoms with van der Waals surface area (Å²) in [5.74, 6) is 0.395. The van der Waals surface area contributed by atoms with E-state index in [1.165, 1.54) is 17.6 Å². The third-order valence-corrected chi connectivity index (χ3v) is 3.54. The first-order valence-electron chi connectivity index (χ1n) is 5.20. The summed E-state index contributed by atoms with van der Waals surface area (Å²) in [5.41, 5.74) is 2.40. The fourth-order valence-electron chi connectivity index (χ4n) is 2.62. The summed E-state index contributed by atoms with van der Waals surface area (Å²) in [6.45, 7) is 4.18. The minimum Gasteiger partial charge on any atom is -0.390 e. The number of hydrogen-bond acceptors (Lipinski definition) is 1. The van der Waals surface area contributed by atoms with Crippen LogP contribution in [0.4, 0.5) is 0 Å². The third kappa shape index (κ3) is 1.46. The lowest BCUT2D eigenvalue weighted by atomic mass is 9.82. The average Bonchev–Trinajstić information content (AvgIpc) is 2.34. The molecular formula is C12H18O. The number of fused-ring (bicyclic) bond motifs is 1. The maximum Gasteiger partial charge on any atom is 0.0691 e. The highest BCUT2D eigenvalue weighted by Crippen LogP contribution is 2.42. The Morgan fingerprint density at radius 2 is 2.31 bits per heavy atom. The Bertz CT molecular complexity index is 271. The molecule has 0 fully saturated rings. The minimum atomic E-state index is -0.476. The minimum absolute atomic E-state index is 0.395. The van der Waals surface area contributed by atoms with Gasteiger partial charge in [0, 0.05) is 5.92 Å². The van der Waals surface area contributed by atoms with Crippen molar-refractivity contribution in [2.24, 2.45) is 5.92 Å². The standard InChI is InChI=1S/C12H18O/c1-9-6-7-11-10(9)5-3-4-8-12(11,2)13/h3,5,11,13H,4,6-8H2,1-2H3. The maximum absolute atomic E-state index is 10.3. The zero-order valence-electron chi connectivity index (χ0n) is 8.51. The Balaban J connectivity index is 2.37. The molecule has 2 unspecified atom stereocenters. The van der Waals surface area contributed by atoms with Gasteiger partial charge in [0.2, 0.25) is 0 Å². The van der Waals surface area contributed by atoms with Crippen LogP contribution in [-0.2, 0) is 0 Å². The summed E-state index contributed by atoms with van der Waals surface area (Å²) in [6.07, 6.45) is 8.66. The van der Waals surface area contributed by atoms with Crippen LogP contribution in [0.25, 0.3) is 0 Å². The highest BCUT2D eigenvalue weighted by Gasteiger charge is 2.37. The van der Waals surface area contributed by atoms with Crippen LogP contribution in [0, 0.1) is 5.92 Å². The van der Waals surface area contributed by atoms with E-state index in [-0.39, 0.29) is 0 Å². The first kappa shape index (κ1) is 9.01. The van der Waals surface area contributed by atoms with Crippen LogP contribution in [0.15, 0.2) is 23.3 Å². The molecule has 0 saturated heterocycles. The molecule has 0 aromatic rings. The topological polar surface area (TPSA) is 20.2 Å². The fraction of sp³-hybridized carbons (Fsp3) is 0.667. The van der Waals surface area contributed by atoms with Crippen molar-refractivity contribution in [3.05, 3.63) is 23.3 Å². The summed E-state index contributed by atoms with van der Waals surface area (Å²) in [7, 11) is 0. The van der Waals surface area contributed by atoms with Gasteiger partial charge in [-0.3, -0.25) is 0 Å². The van der Waals surface area contributed by atoms with Crippen molar-refractivity contribution in [1.82, 2.24) is 0 Å². The highest BCUT2D eigenvalue weighted by atomic mass is 16.3. The molecular weight excluding hydrogens is 160 g/mol. The predicted molar refractivity (Wildman–Crippen MR) is 54.4 cm³/mol. The molecule has 2 rings (SSSR count). The van der Waals surface area contributed by atoms with Gasteiger partial charge in [-0.2, -0.15) is 0 Å². The molecule has 0 saturated carbocycles. The van der Waals surface area contributed by atoms with Crippen molar-refractivity contribution >= 4 is 0 Å². The number of hydrogen-bond donors (Lipinski definition) is 1. The molecule has 0 aromatic carbocycles. The van der Waals surface area contributed by atoms with Crippen molar-refractivity contribution in [2.75, 3.05) is 0 Å². The molecule has 0 aromatic heterocycles. The zero-order valence-corrected chi connectivity index (χ0v) is 8.51. The van der Waals surface area contributed by atoms with E-state index >= 15 is 0 Å². The Kier molecular flexibility index (Phi) is 2.07. The van der Waals surface area contributed by atoms with Gasteiger partial charge in [-0.1, -0.05) is 17.7 Å². The SMILES string of the molecule is CC1=C2C=CCCC(C)(O)C2CC1. The van der Waals surface area contributed by atoms with Crippen LogP contribution < -0.4 is 0 Å². The molecule has 1 N–H and O–H groups in total. The summed E-state index contributed by atoms with van der Waals surface area (Å²) in [5, 5.41) is 10.3. The average molecular weight is 178 g/mol. The molecule has 0 aliphatic heterocycles. The van der Waals surface area contributed by atoms with Gasteiger partial charge in [0.25, 0.3) is 0 Å². The van der Waals surface area contributed by atoms with Gasteiger partial charge in [0.1, 0.15) is 0 Å². The number of rotatable bonds is 0. The van der Waals surface area contributed by atoms with Crippen molar-refractivity contribution in [3.63, 3.8) is 0 Å². The molecule has 1 heteroatoms. The van der Waals surface area contributed by atoms with Crippen LogP contribution in [0.3, 0.4) is 0 Å². The van der Waals surface area contributed by atoms with Gasteiger partial charge in [-0.25, -0.2) is 0 Å². The second-order valence-electron chi connectivity index (χ2n) is 4.63. The summed E-state index contributed by atoms with van der Waals surface area (Å²) in [6, 6.07) is 0. The van der Waals surface area contributed by atoms with E-state index in [9.17, 15) is 5.11 Å². The van der Waals surface area contributed by atoms with Crippen LogP contribution >= 0.6 is 0 Å². The smallest absolute Gasteiger partial charge is 0.0691 e. The van der Waals surface area contributed by atoms with Gasteiger partial charge in [-0.05, 0) is 45.1 Å². The van der Waals surface area contributed by atoms with E-state index in [0.717, 1.165) is 19.3 Å². The van der Waals surface area contributed by atoms with E-state index in [1.807, 2.05) is 6.92 Å². The molecule has 1 nitrogen and oxygen atoms in total. The monoisotopic (exact) mass is 178 g/mol. The Hall–Kier alpha value is -0.560. The molecule has 0 radical (unpaired) electrons.